The number of carbonyl (C=O) groups is 3. The van der Waals surface area contributed by atoms with E-state index in [0.717, 1.165) is 12.1 Å². The van der Waals surface area contributed by atoms with E-state index in [0.29, 0.717) is 40.7 Å². The first-order valence-corrected chi connectivity index (χ1v) is 11.2. The molecule has 3 rings (SSSR count). The number of halogens is 2. The van der Waals surface area contributed by atoms with Crippen LogP contribution in [-0.4, -0.2) is 40.7 Å². The van der Waals surface area contributed by atoms with Crippen LogP contribution < -0.4 is 10.6 Å². The molecule has 0 fully saturated rings. The van der Waals surface area contributed by atoms with E-state index in [1.807, 2.05) is 4.68 Å². The molecule has 0 aliphatic carbocycles. The van der Waals surface area contributed by atoms with Crippen molar-refractivity contribution in [1.29, 1.82) is 0 Å². The Balaban J connectivity index is 1.80. The van der Waals surface area contributed by atoms with Crippen molar-refractivity contribution in [3.8, 4) is 0 Å². The van der Waals surface area contributed by atoms with Crippen molar-refractivity contribution in [3.63, 3.8) is 0 Å². The number of aromatic nitrogens is 2. The third-order valence-corrected chi connectivity index (χ3v) is 5.77. The lowest BCUT2D eigenvalue weighted by Gasteiger charge is -2.24. The van der Waals surface area contributed by atoms with Crippen LogP contribution in [0.15, 0.2) is 24.4 Å². The van der Waals surface area contributed by atoms with Gasteiger partial charge in [0.05, 0.1) is 36.5 Å². The highest BCUT2D eigenvalue weighted by molar-refractivity contribution is 6.34. The second-order valence-corrected chi connectivity index (χ2v) is 8.63. The van der Waals surface area contributed by atoms with Crippen LogP contribution in [-0.2, 0) is 27.3 Å². The molecule has 1 aromatic heterocycles. The predicted octanol–water partition coefficient (Wildman–Crippen LogP) is 3.31. The molecule has 172 valence electrons. The smallest absolute Gasteiger partial charge is 0.308 e. The maximum absolute atomic E-state index is 13.2. The first kappa shape index (κ1) is 24.1. The Morgan fingerprint density at radius 1 is 1.25 bits per heavy atom. The lowest BCUT2D eigenvalue weighted by Crippen LogP contribution is -2.34. The van der Waals surface area contributed by atoms with Crippen LogP contribution >= 0.6 is 23.2 Å². The molecule has 2 amide bonds. The standard InChI is InChI=1S/C22H26Cl2N4O4/c1-3-32-21(30)10-19(15-7-16(23)9-17(24)8-15)27-22(31)18-12-26-28-5-4-14(6-20(18)28)11-25-13(2)29/h7-9,12,14,19H,3-6,10-11H2,1-2H3,(H,25,29)(H,27,31). The summed E-state index contributed by atoms with van der Waals surface area (Å²) in [5, 5.41) is 10.9. The molecule has 0 saturated heterocycles. The van der Waals surface area contributed by atoms with Crippen LogP contribution in [0.1, 0.15) is 54.3 Å². The molecule has 1 aliphatic heterocycles. The monoisotopic (exact) mass is 480 g/mol. The maximum atomic E-state index is 13.2. The number of nitrogens with one attached hydrogen (secondary N) is 2. The molecule has 2 heterocycles. The summed E-state index contributed by atoms with van der Waals surface area (Å²) in [4.78, 5) is 36.6. The van der Waals surface area contributed by atoms with E-state index >= 15 is 0 Å². The summed E-state index contributed by atoms with van der Waals surface area (Å²) < 4.78 is 6.89. The molecule has 10 heteroatoms. The van der Waals surface area contributed by atoms with Gasteiger partial charge >= 0.3 is 5.97 Å². The molecular formula is C22H26Cl2N4O4. The Hall–Kier alpha value is -2.58. The molecule has 1 aromatic carbocycles. The second-order valence-electron chi connectivity index (χ2n) is 7.76. The zero-order valence-corrected chi connectivity index (χ0v) is 19.5. The average molecular weight is 481 g/mol. The molecule has 0 radical (unpaired) electrons. The normalized spacial score (nSPS) is 16.1. The number of carbonyl (C=O) groups excluding carboxylic acids is 3. The number of aryl methyl sites for hydroxylation is 1. The SMILES string of the molecule is CCOC(=O)CC(NC(=O)c1cnn2c1CC(CNC(C)=O)CC2)c1cc(Cl)cc(Cl)c1. The Labute approximate surface area is 196 Å². The highest BCUT2D eigenvalue weighted by atomic mass is 35.5. The number of ether oxygens (including phenoxy) is 1. The summed E-state index contributed by atoms with van der Waals surface area (Å²) in [5.41, 5.74) is 1.86. The zero-order chi connectivity index (χ0) is 23.3. The van der Waals surface area contributed by atoms with Gasteiger partial charge in [-0.15, -0.1) is 0 Å². The van der Waals surface area contributed by atoms with Gasteiger partial charge < -0.3 is 15.4 Å². The number of hydrogen-bond acceptors (Lipinski definition) is 5. The second kappa shape index (κ2) is 10.8. The van der Waals surface area contributed by atoms with Gasteiger partial charge in [-0.25, -0.2) is 0 Å². The van der Waals surface area contributed by atoms with Crippen molar-refractivity contribution in [3.05, 3.63) is 51.3 Å². The summed E-state index contributed by atoms with van der Waals surface area (Å²) in [6.45, 7) is 4.66. The Morgan fingerprint density at radius 3 is 2.62 bits per heavy atom. The number of amides is 2. The fourth-order valence-electron chi connectivity index (χ4n) is 3.80. The third kappa shape index (κ3) is 6.23. The summed E-state index contributed by atoms with van der Waals surface area (Å²) >= 11 is 12.3. The van der Waals surface area contributed by atoms with E-state index in [1.165, 1.54) is 13.1 Å². The zero-order valence-electron chi connectivity index (χ0n) is 18.0. The van der Waals surface area contributed by atoms with Crippen molar-refractivity contribution in [1.82, 2.24) is 20.4 Å². The minimum Gasteiger partial charge on any atom is -0.466 e. The molecule has 0 spiro atoms. The molecule has 2 N–H and O–H groups in total. The summed E-state index contributed by atoms with van der Waals surface area (Å²) in [5.74, 6) is -0.654. The van der Waals surface area contributed by atoms with Crippen molar-refractivity contribution in [2.24, 2.45) is 5.92 Å². The minimum absolute atomic E-state index is 0.0646. The summed E-state index contributed by atoms with van der Waals surface area (Å²) in [6.07, 6.45) is 2.96. The summed E-state index contributed by atoms with van der Waals surface area (Å²) in [7, 11) is 0. The Bertz CT molecular complexity index is 988. The van der Waals surface area contributed by atoms with Gasteiger partial charge in [-0.1, -0.05) is 23.2 Å². The van der Waals surface area contributed by atoms with Gasteiger partial charge in [-0.2, -0.15) is 5.10 Å². The van der Waals surface area contributed by atoms with Crippen molar-refractivity contribution >= 4 is 41.0 Å². The number of benzene rings is 1. The fourth-order valence-corrected chi connectivity index (χ4v) is 4.35. The minimum atomic E-state index is -0.674. The van der Waals surface area contributed by atoms with Crippen molar-refractivity contribution in [2.45, 2.75) is 45.7 Å². The Kier molecular flexibility index (Phi) is 8.15. The fraction of sp³-hybridized carbons (Fsp3) is 0.455. The van der Waals surface area contributed by atoms with E-state index in [2.05, 4.69) is 15.7 Å². The van der Waals surface area contributed by atoms with E-state index in [1.54, 1.807) is 25.1 Å². The van der Waals surface area contributed by atoms with E-state index in [4.69, 9.17) is 27.9 Å². The number of esters is 1. The van der Waals surface area contributed by atoms with Gasteiger partial charge in [0, 0.05) is 30.1 Å². The van der Waals surface area contributed by atoms with E-state index in [-0.39, 0.29) is 30.8 Å². The maximum Gasteiger partial charge on any atom is 0.308 e. The van der Waals surface area contributed by atoms with Gasteiger partial charge in [0.15, 0.2) is 0 Å². The summed E-state index contributed by atoms with van der Waals surface area (Å²) in [6, 6.07) is 4.23. The molecule has 8 nitrogen and oxygen atoms in total. The third-order valence-electron chi connectivity index (χ3n) is 5.33. The highest BCUT2D eigenvalue weighted by Gasteiger charge is 2.28. The molecule has 32 heavy (non-hydrogen) atoms. The number of rotatable bonds is 8. The van der Waals surface area contributed by atoms with Crippen molar-refractivity contribution < 1.29 is 19.1 Å². The first-order chi connectivity index (χ1) is 15.3. The van der Waals surface area contributed by atoms with Crippen LogP contribution in [0.25, 0.3) is 0 Å². The number of hydrogen-bond donors (Lipinski definition) is 2. The van der Waals surface area contributed by atoms with Crippen LogP contribution in [0.5, 0.6) is 0 Å². The number of nitrogens with zero attached hydrogens (tertiary/aromatic N) is 2. The molecule has 2 aromatic rings. The van der Waals surface area contributed by atoms with Crippen LogP contribution in [0.4, 0.5) is 0 Å². The largest absolute Gasteiger partial charge is 0.466 e. The molecular weight excluding hydrogens is 455 g/mol. The average Bonchev–Trinajstić information content (AvgIpc) is 3.14. The first-order valence-electron chi connectivity index (χ1n) is 10.5. The highest BCUT2D eigenvalue weighted by Crippen LogP contribution is 2.27. The Morgan fingerprint density at radius 2 is 1.97 bits per heavy atom. The van der Waals surface area contributed by atoms with Crippen LogP contribution in [0.3, 0.4) is 0 Å². The molecule has 1 aliphatic rings. The van der Waals surface area contributed by atoms with Crippen LogP contribution in [0, 0.1) is 5.92 Å². The predicted molar refractivity (Wildman–Crippen MR) is 121 cm³/mol. The van der Waals surface area contributed by atoms with Gasteiger partial charge in [0.25, 0.3) is 5.91 Å². The van der Waals surface area contributed by atoms with Crippen LogP contribution in [0.2, 0.25) is 10.0 Å². The van der Waals surface area contributed by atoms with Gasteiger partial charge in [0.1, 0.15) is 0 Å². The van der Waals surface area contributed by atoms with E-state index in [9.17, 15) is 14.4 Å². The van der Waals surface area contributed by atoms with Gasteiger partial charge in [-0.3, -0.25) is 19.1 Å². The quantitative estimate of drug-likeness (QED) is 0.564. The molecule has 0 saturated carbocycles. The number of fused-ring (bicyclic) bond motifs is 1. The molecule has 2 unspecified atom stereocenters. The van der Waals surface area contributed by atoms with Gasteiger partial charge in [0.2, 0.25) is 5.91 Å². The van der Waals surface area contributed by atoms with Gasteiger partial charge in [-0.05, 0) is 49.4 Å². The topological polar surface area (TPSA) is 102 Å². The van der Waals surface area contributed by atoms with E-state index < -0.39 is 12.0 Å². The molecule has 0 bridgehead atoms. The molecule has 2 atom stereocenters. The van der Waals surface area contributed by atoms with Crippen molar-refractivity contribution in [2.75, 3.05) is 13.2 Å². The lowest BCUT2D eigenvalue weighted by molar-refractivity contribution is -0.143. The lowest BCUT2D eigenvalue weighted by atomic mass is 9.94.